The largest absolute Gasteiger partial charge is 0.490 e. The van der Waals surface area contributed by atoms with Crippen LogP contribution >= 0.6 is 45.1 Å². The van der Waals surface area contributed by atoms with Crippen LogP contribution in [0.15, 0.2) is 11.0 Å². The summed E-state index contributed by atoms with van der Waals surface area (Å²) < 4.78 is 65.5. The standard InChI is InChI=1S/C24H38BN6O17P3S2/c1-15(32)5-8-43-17-12-19(46-18(17)14-45-50(39,40)48-51(41,42)47-49(36,37)38)31-13-16(20-21(31)29-23(26)30-22(20)33)4-3-6-27-24(34)44-9-11-53-52-10-7-28-25(2)35/h13,17-19,28,35H,5-12,14H2,1-2H3,(H,27,34)(H,39,40)(H,41,42)(H2,36,37,38)(H3,26,29,30,33)/t17-,18-,19-/m1/s1. The number of carbonyl (C=O) groups excluding carboxylic acids is 2. The minimum Gasteiger partial charge on any atom is -0.449 e. The lowest BCUT2D eigenvalue weighted by Gasteiger charge is -2.21. The first-order chi connectivity index (χ1) is 24.7. The molecule has 0 aliphatic carbocycles. The van der Waals surface area contributed by atoms with Gasteiger partial charge >= 0.3 is 36.6 Å². The number of anilines is 1. The number of alkyl carbamates (subject to hydrolysis) is 1. The molecule has 0 radical (unpaired) electrons. The molecule has 2 unspecified atom stereocenters. The molecule has 0 aromatic carbocycles. The Balaban J connectivity index is 1.71. The number of hydrogen-bond acceptors (Lipinski definition) is 18. The fourth-order valence-corrected chi connectivity index (χ4v) is 9.19. The number of aromatic amines is 1. The van der Waals surface area contributed by atoms with Crippen LogP contribution in [0.2, 0.25) is 6.82 Å². The molecule has 1 aliphatic rings. The van der Waals surface area contributed by atoms with Crippen molar-refractivity contribution in [1.29, 1.82) is 0 Å². The van der Waals surface area contributed by atoms with E-state index in [1.807, 2.05) is 0 Å². The number of ether oxygens (including phenoxy) is 3. The lowest BCUT2D eigenvalue weighted by Crippen LogP contribution is -2.32. The van der Waals surface area contributed by atoms with Gasteiger partial charge in [0.1, 0.15) is 24.7 Å². The highest BCUT2D eigenvalue weighted by molar-refractivity contribution is 8.76. The summed E-state index contributed by atoms with van der Waals surface area (Å²) in [6.07, 6.45) is -2.57. The van der Waals surface area contributed by atoms with E-state index < -0.39 is 67.2 Å². The van der Waals surface area contributed by atoms with E-state index in [1.54, 1.807) is 17.6 Å². The minimum atomic E-state index is -5.79. The van der Waals surface area contributed by atoms with Crippen LogP contribution in [-0.4, -0.2) is 115 Å². The van der Waals surface area contributed by atoms with Gasteiger partial charge in [-0.2, -0.15) is 13.6 Å². The maximum Gasteiger partial charge on any atom is 0.490 e. The molecule has 0 saturated carbocycles. The molecule has 2 aromatic rings. The summed E-state index contributed by atoms with van der Waals surface area (Å²) in [5.74, 6) is 6.30. The Morgan fingerprint density at radius 1 is 1.17 bits per heavy atom. The number of carbonyl (C=O) groups is 2. The van der Waals surface area contributed by atoms with Gasteiger partial charge in [-0.3, -0.25) is 19.1 Å². The van der Waals surface area contributed by atoms with Crippen LogP contribution in [0, 0.1) is 11.8 Å². The highest BCUT2D eigenvalue weighted by Gasteiger charge is 2.43. The van der Waals surface area contributed by atoms with Crippen molar-refractivity contribution in [2.45, 2.75) is 45.0 Å². The average Bonchev–Trinajstić information content (AvgIpc) is 3.58. The van der Waals surface area contributed by atoms with E-state index in [1.165, 1.54) is 28.5 Å². The number of amides is 1. The van der Waals surface area contributed by atoms with Crippen LogP contribution in [0.3, 0.4) is 0 Å². The Hall–Kier alpha value is -2.27. The number of nitrogens with two attached hydrogens (primary N) is 1. The van der Waals surface area contributed by atoms with Crippen LogP contribution in [0.1, 0.15) is 31.6 Å². The van der Waals surface area contributed by atoms with Crippen molar-refractivity contribution in [3.8, 4) is 11.8 Å². The van der Waals surface area contributed by atoms with E-state index in [-0.39, 0.29) is 60.9 Å². The van der Waals surface area contributed by atoms with Gasteiger partial charge in [-0.25, -0.2) is 18.5 Å². The highest BCUT2D eigenvalue weighted by Crippen LogP contribution is 2.66. The molecule has 23 nitrogen and oxygen atoms in total. The average molecular weight is 850 g/mol. The van der Waals surface area contributed by atoms with Gasteiger partial charge in [0, 0.05) is 30.5 Å². The van der Waals surface area contributed by atoms with Crippen molar-refractivity contribution >= 4 is 81.0 Å². The van der Waals surface area contributed by atoms with E-state index >= 15 is 0 Å². The summed E-state index contributed by atoms with van der Waals surface area (Å²) in [6.45, 7) is 2.59. The maximum atomic E-state index is 12.9. The highest BCUT2D eigenvalue weighted by atomic mass is 33.1. The van der Waals surface area contributed by atoms with Gasteiger partial charge in [0.05, 0.1) is 36.8 Å². The molecule has 1 fully saturated rings. The minimum absolute atomic E-state index is 0.00167. The van der Waals surface area contributed by atoms with E-state index in [4.69, 9.17) is 39.3 Å². The number of nitrogens with one attached hydrogen (secondary N) is 3. The first kappa shape index (κ1) is 45.1. The predicted molar refractivity (Wildman–Crippen MR) is 191 cm³/mol. The number of aromatic nitrogens is 3. The topological polar surface area (TPSA) is 343 Å². The molecule has 0 spiro atoms. The van der Waals surface area contributed by atoms with Crippen molar-refractivity contribution < 1.29 is 75.2 Å². The number of nitrogen functional groups attached to an aromatic ring is 1. The SMILES string of the molecule is CB(O)NCCSSCCOC(=O)NCC#Cc1cn([C@H]2C[C@@H](OCCC(C)=O)[C@@H](COP(=O)(O)OP(=O)(O)OP(=O)(O)O)O2)c2nc(N)[nH]c(=O)c12. The third-order valence-electron chi connectivity index (χ3n) is 6.45. The summed E-state index contributed by atoms with van der Waals surface area (Å²) in [4.78, 5) is 79.9. The Morgan fingerprint density at radius 3 is 2.57 bits per heavy atom. The number of H-pyrrole nitrogens is 1. The summed E-state index contributed by atoms with van der Waals surface area (Å²) in [5.41, 5.74) is 5.30. The lowest BCUT2D eigenvalue weighted by atomic mass is 9.89. The zero-order valence-electron chi connectivity index (χ0n) is 28.0. The van der Waals surface area contributed by atoms with Gasteiger partial charge < -0.3 is 59.7 Å². The third-order valence-corrected chi connectivity index (χ3v) is 12.6. The van der Waals surface area contributed by atoms with E-state index in [2.05, 4.69) is 41.0 Å². The van der Waals surface area contributed by atoms with Crippen molar-refractivity contribution in [3.63, 3.8) is 0 Å². The molecule has 2 aromatic heterocycles. The molecular weight excluding hydrogens is 812 g/mol. The molecule has 3 heterocycles. The number of phosphoric acid groups is 3. The third kappa shape index (κ3) is 16.2. The summed E-state index contributed by atoms with van der Waals surface area (Å²) in [7, 11) is -14.5. The first-order valence-electron chi connectivity index (χ1n) is 15.3. The Morgan fingerprint density at radius 2 is 1.89 bits per heavy atom. The van der Waals surface area contributed by atoms with Crippen LogP contribution in [0.25, 0.3) is 11.0 Å². The second-order valence-corrected chi connectivity index (χ2v) is 17.9. The second-order valence-electron chi connectivity index (χ2n) is 10.8. The second kappa shape index (κ2) is 20.6. The van der Waals surface area contributed by atoms with E-state index in [0.717, 1.165) is 5.75 Å². The molecule has 10 N–H and O–H groups in total. The number of phosphoric ester groups is 1. The van der Waals surface area contributed by atoms with Gasteiger partial charge in [0.2, 0.25) is 5.95 Å². The normalized spacial score (nSPS) is 19.6. The van der Waals surface area contributed by atoms with E-state index in [0.29, 0.717) is 12.3 Å². The van der Waals surface area contributed by atoms with Crippen molar-refractivity contribution in [1.82, 2.24) is 25.1 Å². The maximum absolute atomic E-state index is 12.9. The molecule has 1 amide bonds. The molecule has 29 heteroatoms. The molecule has 3 rings (SSSR count). The van der Waals surface area contributed by atoms with Gasteiger partial charge in [0.25, 0.3) is 5.56 Å². The van der Waals surface area contributed by atoms with E-state index in [9.17, 15) is 37.9 Å². The quantitative estimate of drug-likeness (QED) is 0.0271. The van der Waals surface area contributed by atoms with Crippen LogP contribution < -0.4 is 21.8 Å². The van der Waals surface area contributed by atoms with Gasteiger partial charge in [-0.1, -0.05) is 33.4 Å². The number of hydrogen-bond donors (Lipinski definition) is 9. The van der Waals surface area contributed by atoms with Crippen molar-refractivity contribution in [2.75, 3.05) is 50.1 Å². The molecule has 1 aliphatic heterocycles. The molecule has 1 saturated heterocycles. The molecular formula is C24H38BN6O17P3S2. The summed E-state index contributed by atoms with van der Waals surface area (Å²) in [5, 5.41) is 14.5. The zero-order valence-corrected chi connectivity index (χ0v) is 32.3. The smallest absolute Gasteiger partial charge is 0.449 e. The van der Waals surface area contributed by atoms with Crippen molar-refractivity contribution in [3.05, 3.63) is 22.1 Å². The van der Waals surface area contributed by atoms with Gasteiger partial charge in [-0.05, 0) is 20.3 Å². The summed E-state index contributed by atoms with van der Waals surface area (Å²) in [6, 6.07) is 0. The zero-order chi connectivity index (χ0) is 39.4. The molecule has 296 valence electrons. The van der Waals surface area contributed by atoms with Gasteiger partial charge in [-0.15, -0.1) is 0 Å². The molecule has 0 bridgehead atoms. The Bertz CT molecular complexity index is 1850. The summed E-state index contributed by atoms with van der Waals surface area (Å²) >= 11 is 0. The van der Waals surface area contributed by atoms with Crippen molar-refractivity contribution in [2.24, 2.45) is 0 Å². The van der Waals surface area contributed by atoms with Crippen LogP contribution in [0.5, 0.6) is 0 Å². The number of fused-ring (bicyclic) bond motifs is 1. The van der Waals surface area contributed by atoms with Gasteiger partial charge in [0.15, 0.2) is 5.65 Å². The lowest BCUT2D eigenvalue weighted by molar-refractivity contribution is -0.119. The van der Waals surface area contributed by atoms with Crippen LogP contribution in [0.4, 0.5) is 10.7 Å². The fraction of sp³-hybridized carbons (Fsp3) is 0.583. The number of nitrogens with zero attached hydrogens (tertiary/aromatic N) is 2. The predicted octanol–water partition coefficient (Wildman–Crippen LogP) is 0.461. The first-order valence-corrected chi connectivity index (χ1v) is 22.3. The monoisotopic (exact) mass is 850 g/mol. The number of Topliss-reactive ketones (excluding diaryl/α,β-unsaturated/α-hetero) is 1. The Labute approximate surface area is 309 Å². The number of ketones is 1. The fourth-order valence-electron chi connectivity index (χ4n) is 4.41. The molecule has 53 heavy (non-hydrogen) atoms. The molecule has 5 atom stereocenters. The number of rotatable bonds is 21. The van der Waals surface area contributed by atoms with Crippen LogP contribution in [-0.2, 0) is 45.8 Å². The Kier molecular flexibility index (Phi) is 17.5.